The number of nitrogens with zero attached hydrogens (tertiary/aromatic N) is 1. The molecule has 1 rings (SSSR count). The average molecular weight is 240 g/mol. The number of aliphatic hydroxyl groups is 1. The lowest BCUT2D eigenvalue weighted by atomic mass is 10.2. The summed E-state index contributed by atoms with van der Waals surface area (Å²) in [5.41, 5.74) is 0.148. The van der Waals surface area contributed by atoms with E-state index in [9.17, 15) is 9.90 Å². The van der Waals surface area contributed by atoms with Gasteiger partial charge in [-0.3, -0.25) is 0 Å². The molecule has 6 heteroatoms. The monoisotopic (exact) mass is 240 g/mol. The van der Waals surface area contributed by atoms with E-state index in [1.54, 1.807) is 6.07 Å². The molecule has 1 atom stereocenters. The molecule has 17 heavy (non-hydrogen) atoms. The Hall–Kier alpha value is -1.66. The number of ether oxygens (including phenoxy) is 1. The highest BCUT2D eigenvalue weighted by molar-refractivity contribution is 5.87. The Bertz CT molecular complexity index is 353. The van der Waals surface area contributed by atoms with Gasteiger partial charge in [0.05, 0.1) is 18.3 Å². The van der Waals surface area contributed by atoms with Gasteiger partial charge in [-0.25, -0.2) is 9.78 Å². The molecule has 0 saturated carbocycles. The standard InChI is InChI=1S/C11H16N2O4/c1-17-7-9(14)4-5-12-10-3-2-8(6-13-10)11(15)16/h2-3,6,9,14H,4-5,7H2,1H3,(H,12,13)(H,15,16). The third-order valence-electron chi connectivity index (χ3n) is 2.15. The Morgan fingerprint density at radius 3 is 2.88 bits per heavy atom. The molecule has 0 fully saturated rings. The molecule has 0 bridgehead atoms. The number of hydrogen-bond acceptors (Lipinski definition) is 5. The van der Waals surface area contributed by atoms with E-state index < -0.39 is 12.1 Å². The first kappa shape index (κ1) is 13.4. The van der Waals surface area contributed by atoms with E-state index in [0.29, 0.717) is 25.4 Å². The number of rotatable bonds is 7. The summed E-state index contributed by atoms with van der Waals surface area (Å²) >= 11 is 0. The largest absolute Gasteiger partial charge is 0.478 e. The third-order valence-corrected chi connectivity index (χ3v) is 2.15. The molecule has 0 aliphatic heterocycles. The molecule has 1 aromatic rings. The normalized spacial score (nSPS) is 12.1. The van der Waals surface area contributed by atoms with Gasteiger partial charge in [-0.05, 0) is 18.6 Å². The summed E-state index contributed by atoms with van der Waals surface area (Å²) in [5, 5.41) is 21.0. The third kappa shape index (κ3) is 4.80. The van der Waals surface area contributed by atoms with Crippen LogP contribution in [-0.2, 0) is 4.74 Å². The Labute approximate surface area is 99.3 Å². The number of pyridine rings is 1. The van der Waals surface area contributed by atoms with Crippen molar-refractivity contribution in [1.82, 2.24) is 4.98 Å². The zero-order valence-electron chi connectivity index (χ0n) is 9.59. The van der Waals surface area contributed by atoms with Gasteiger partial charge in [0.2, 0.25) is 0 Å². The van der Waals surface area contributed by atoms with Gasteiger partial charge in [0, 0.05) is 19.9 Å². The van der Waals surface area contributed by atoms with E-state index in [2.05, 4.69) is 10.3 Å². The highest BCUT2D eigenvalue weighted by Crippen LogP contribution is 2.05. The quantitative estimate of drug-likeness (QED) is 0.646. The number of anilines is 1. The predicted molar refractivity (Wildman–Crippen MR) is 62.2 cm³/mol. The highest BCUT2D eigenvalue weighted by Gasteiger charge is 2.04. The summed E-state index contributed by atoms with van der Waals surface area (Å²) < 4.78 is 4.79. The van der Waals surface area contributed by atoms with Crippen molar-refractivity contribution in [3.05, 3.63) is 23.9 Å². The summed E-state index contributed by atoms with van der Waals surface area (Å²) in [6, 6.07) is 3.06. The first-order valence-electron chi connectivity index (χ1n) is 5.23. The van der Waals surface area contributed by atoms with Crippen molar-refractivity contribution < 1.29 is 19.7 Å². The number of carboxylic acid groups (broad SMARTS) is 1. The number of aromatic nitrogens is 1. The lowest BCUT2D eigenvalue weighted by molar-refractivity contribution is 0.0615. The topological polar surface area (TPSA) is 91.7 Å². The number of aromatic carboxylic acids is 1. The fourth-order valence-electron chi connectivity index (χ4n) is 1.27. The van der Waals surface area contributed by atoms with Crippen LogP contribution in [-0.4, -0.2) is 47.5 Å². The number of hydrogen-bond donors (Lipinski definition) is 3. The van der Waals surface area contributed by atoms with E-state index in [4.69, 9.17) is 9.84 Å². The Balaban J connectivity index is 2.34. The zero-order valence-corrected chi connectivity index (χ0v) is 9.59. The van der Waals surface area contributed by atoms with Crippen molar-refractivity contribution in [2.75, 3.05) is 25.6 Å². The molecule has 1 aromatic heterocycles. The predicted octanol–water partition coefficient (Wildman–Crippen LogP) is 0.589. The smallest absolute Gasteiger partial charge is 0.337 e. The van der Waals surface area contributed by atoms with Gasteiger partial charge in [0.15, 0.2) is 0 Å². The van der Waals surface area contributed by atoms with Crippen LogP contribution in [0.2, 0.25) is 0 Å². The van der Waals surface area contributed by atoms with Crippen LogP contribution in [0, 0.1) is 0 Å². The highest BCUT2D eigenvalue weighted by atomic mass is 16.5. The van der Waals surface area contributed by atoms with Crippen LogP contribution < -0.4 is 5.32 Å². The van der Waals surface area contributed by atoms with E-state index in [0.717, 1.165) is 0 Å². The number of aliphatic hydroxyl groups excluding tert-OH is 1. The summed E-state index contributed by atoms with van der Waals surface area (Å²) in [5.74, 6) is -0.417. The summed E-state index contributed by atoms with van der Waals surface area (Å²) in [6.45, 7) is 0.844. The Kier molecular flexibility index (Phi) is 5.38. The van der Waals surface area contributed by atoms with Crippen LogP contribution in [0.15, 0.2) is 18.3 Å². The summed E-state index contributed by atoms with van der Waals surface area (Å²) in [4.78, 5) is 14.5. The van der Waals surface area contributed by atoms with Gasteiger partial charge in [-0.15, -0.1) is 0 Å². The van der Waals surface area contributed by atoms with Gasteiger partial charge in [-0.1, -0.05) is 0 Å². The minimum absolute atomic E-state index is 0.148. The summed E-state index contributed by atoms with van der Waals surface area (Å²) in [6.07, 6.45) is 1.32. The Morgan fingerprint density at radius 2 is 2.35 bits per heavy atom. The van der Waals surface area contributed by atoms with Crippen LogP contribution in [0.3, 0.4) is 0 Å². The molecule has 0 aliphatic rings. The molecule has 0 aliphatic carbocycles. The molecule has 0 radical (unpaired) electrons. The minimum atomic E-state index is -1.00. The van der Waals surface area contributed by atoms with Gasteiger partial charge >= 0.3 is 5.97 Å². The van der Waals surface area contributed by atoms with E-state index in [-0.39, 0.29) is 5.56 Å². The van der Waals surface area contributed by atoms with Gasteiger partial charge in [0.25, 0.3) is 0 Å². The molecule has 1 heterocycles. The molecular formula is C11H16N2O4. The first-order valence-corrected chi connectivity index (χ1v) is 5.23. The number of carbonyl (C=O) groups is 1. The lowest BCUT2D eigenvalue weighted by Gasteiger charge is -2.10. The van der Waals surface area contributed by atoms with Gasteiger partial charge in [-0.2, -0.15) is 0 Å². The number of carboxylic acids is 1. The molecule has 6 nitrogen and oxygen atoms in total. The molecule has 0 saturated heterocycles. The van der Waals surface area contributed by atoms with Crippen LogP contribution in [0.1, 0.15) is 16.8 Å². The molecule has 0 amide bonds. The van der Waals surface area contributed by atoms with E-state index >= 15 is 0 Å². The van der Waals surface area contributed by atoms with Crippen molar-refractivity contribution in [2.45, 2.75) is 12.5 Å². The number of nitrogens with one attached hydrogen (secondary N) is 1. The van der Waals surface area contributed by atoms with E-state index in [1.807, 2.05) is 0 Å². The molecule has 0 aromatic carbocycles. The molecule has 94 valence electrons. The van der Waals surface area contributed by atoms with Crippen LogP contribution in [0.4, 0.5) is 5.82 Å². The SMILES string of the molecule is COCC(O)CCNc1ccc(C(=O)O)cn1. The van der Waals surface area contributed by atoms with Crippen molar-refractivity contribution >= 4 is 11.8 Å². The van der Waals surface area contributed by atoms with Crippen molar-refractivity contribution in [3.8, 4) is 0 Å². The molecule has 3 N–H and O–H groups in total. The maximum absolute atomic E-state index is 10.6. The number of methoxy groups -OCH3 is 1. The second-order valence-corrected chi connectivity index (χ2v) is 3.56. The molecule has 0 spiro atoms. The molecular weight excluding hydrogens is 224 g/mol. The van der Waals surface area contributed by atoms with Crippen molar-refractivity contribution in [3.63, 3.8) is 0 Å². The zero-order chi connectivity index (χ0) is 12.7. The van der Waals surface area contributed by atoms with E-state index in [1.165, 1.54) is 19.4 Å². The van der Waals surface area contributed by atoms with Gasteiger partial charge in [0.1, 0.15) is 5.82 Å². The second-order valence-electron chi connectivity index (χ2n) is 3.56. The second kappa shape index (κ2) is 6.82. The molecule has 1 unspecified atom stereocenters. The minimum Gasteiger partial charge on any atom is -0.478 e. The lowest BCUT2D eigenvalue weighted by Crippen LogP contribution is -2.18. The van der Waals surface area contributed by atoms with Crippen LogP contribution >= 0.6 is 0 Å². The summed E-state index contributed by atoms with van der Waals surface area (Å²) in [7, 11) is 1.53. The first-order chi connectivity index (χ1) is 8.13. The fourth-order valence-corrected chi connectivity index (χ4v) is 1.27. The maximum Gasteiger partial charge on any atom is 0.337 e. The fraction of sp³-hybridized carbons (Fsp3) is 0.455. The van der Waals surface area contributed by atoms with Crippen LogP contribution in [0.5, 0.6) is 0 Å². The van der Waals surface area contributed by atoms with Crippen molar-refractivity contribution in [1.29, 1.82) is 0 Å². The van der Waals surface area contributed by atoms with Crippen molar-refractivity contribution in [2.24, 2.45) is 0 Å². The van der Waals surface area contributed by atoms with Crippen LogP contribution in [0.25, 0.3) is 0 Å². The van der Waals surface area contributed by atoms with Gasteiger partial charge < -0.3 is 20.3 Å². The average Bonchev–Trinajstić information content (AvgIpc) is 2.30. The Morgan fingerprint density at radius 1 is 1.59 bits per heavy atom. The maximum atomic E-state index is 10.6.